The van der Waals surface area contributed by atoms with Crippen molar-refractivity contribution in [3.63, 3.8) is 0 Å². The summed E-state index contributed by atoms with van der Waals surface area (Å²) in [5, 5.41) is 14.6. The third-order valence-corrected chi connectivity index (χ3v) is 3.22. The number of carbonyl (C=O) groups is 1. The topological polar surface area (TPSA) is 83.4 Å². The average molecular weight is 322 g/mol. The van der Waals surface area contributed by atoms with Crippen LogP contribution in [0.4, 0.5) is 0 Å². The van der Waals surface area contributed by atoms with E-state index in [1.54, 1.807) is 12.1 Å². The summed E-state index contributed by atoms with van der Waals surface area (Å²) in [4.78, 5) is 11.9. The van der Waals surface area contributed by atoms with Gasteiger partial charge in [-0.25, -0.2) is 0 Å². The van der Waals surface area contributed by atoms with Crippen molar-refractivity contribution in [2.45, 2.75) is 13.0 Å². The number of hydrogen-bond donors (Lipinski definition) is 2. The van der Waals surface area contributed by atoms with Crippen molar-refractivity contribution in [1.29, 1.82) is 5.26 Å². The maximum absolute atomic E-state index is 11.9. The van der Waals surface area contributed by atoms with Gasteiger partial charge in [-0.2, -0.15) is 5.26 Å². The molecule has 7 heteroatoms. The minimum absolute atomic E-state index is 0.0234. The number of rotatable bonds is 7. The Morgan fingerprint density at radius 3 is 3.00 bits per heavy atom. The lowest BCUT2D eigenvalue weighted by molar-refractivity contribution is -0.117. The second kappa shape index (κ2) is 8.15. The summed E-state index contributed by atoms with van der Waals surface area (Å²) >= 11 is 5.55. The molecule has 0 saturated heterocycles. The molecule has 22 heavy (non-hydrogen) atoms. The van der Waals surface area contributed by atoms with Crippen LogP contribution in [-0.2, 0) is 11.3 Å². The standard InChI is InChI=1S/C15H16ClN3O3/c16-4-1-5-18-9-12(7-17)15(20)19-8-11-2-3-13-14(6-11)22-10-21-13/h2-3,6,9,18H,1,4-5,8,10H2,(H,19,20)/b12-9-. The van der Waals surface area contributed by atoms with Gasteiger partial charge >= 0.3 is 0 Å². The number of halogens is 1. The Kier molecular flexibility index (Phi) is 5.92. The summed E-state index contributed by atoms with van der Waals surface area (Å²) < 4.78 is 10.5. The van der Waals surface area contributed by atoms with E-state index in [0.717, 1.165) is 12.0 Å². The normalized spacial score (nSPS) is 12.6. The quantitative estimate of drug-likeness (QED) is 0.345. The molecule has 0 radical (unpaired) electrons. The van der Waals surface area contributed by atoms with Gasteiger partial charge in [-0.05, 0) is 24.1 Å². The third-order valence-electron chi connectivity index (χ3n) is 2.96. The van der Waals surface area contributed by atoms with E-state index >= 15 is 0 Å². The lowest BCUT2D eigenvalue weighted by Crippen LogP contribution is -2.25. The predicted molar refractivity (Wildman–Crippen MR) is 81.4 cm³/mol. The Balaban J connectivity index is 1.87. The van der Waals surface area contributed by atoms with Crippen LogP contribution in [0.5, 0.6) is 11.5 Å². The van der Waals surface area contributed by atoms with Gasteiger partial charge in [0, 0.05) is 25.2 Å². The van der Waals surface area contributed by atoms with Gasteiger partial charge in [0.15, 0.2) is 11.5 Å². The molecule has 0 saturated carbocycles. The summed E-state index contributed by atoms with van der Waals surface area (Å²) in [7, 11) is 0. The Labute approximate surface area is 133 Å². The molecule has 1 aromatic carbocycles. The van der Waals surface area contributed by atoms with E-state index in [9.17, 15) is 4.79 Å². The molecule has 1 aliphatic rings. The van der Waals surface area contributed by atoms with Crippen LogP contribution in [0.1, 0.15) is 12.0 Å². The number of alkyl halides is 1. The van der Waals surface area contributed by atoms with E-state index in [4.69, 9.17) is 26.3 Å². The summed E-state index contributed by atoms with van der Waals surface area (Å²) in [6.07, 6.45) is 2.16. The van der Waals surface area contributed by atoms with Crippen molar-refractivity contribution in [3.8, 4) is 17.6 Å². The zero-order valence-corrected chi connectivity index (χ0v) is 12.7. The Hall–Kier alpha value is -2.39. The highest BCUT2D eigenvalue weighted by Crippen LogP contribution is 2.32. The SMILES string of the molecule is N#C/C(=C/NCCCCl)C(=O)NCc1ccc2c(c1)OCO2. The van der Waals surface area contributed by atoms with Crippen LogP contribution >= 0.6 is 11.6 Å². The van der Waals surface area contributed by atoms with Gasteiger partial charge in [-0.15, -0.1) is 11.6 Å². The molecular formula is C15H16ClN3O3. The van der Waals surface area contributed by atoms with Gasteiger partial charge in [-0.3, -0.25) is 4.79 Å². The number of nitriles is 1. The second-order valence-electron chi connectivity index (χ2n) is 4.54. The van der Waals surface area contributed by atoms with Crippen molar-refractivity contribution < 1.29 is 14.3 Å². The first kappa shape index (κ1) is 16.0. The lowest BCUT2D eigenvalue weighted by atomic mass is 10.2. The van der Waals surface area contributed by atoms with Crippen LogP contribution in [0.2, 0.25) is 0 Å². The Morgan fingerprint density at radius 1 is 1.41 bits per heavy atom. The fraction of sp³-hybridized carbons (Fsp3) is 0.333. The van der Waals surface area contributed by atoms with Gasteiger partial charge in [-0.1, -0.05) is 6.07 Å². The molecule has 0 aliphatic carbocycles. The van der Waals surface area contributed by atoms with Crippen LogP contribution in [0.3, 0.4) is 0 Å². The third kappa shape index (κ3) is 4.30. The average Bonchev–Trinajstić information content (AvgIpc) is 3.00. The van der Waals surface area contributed by atoms with Crippen molar-refractivity contribution in [2.24, 2.45) is 0 Å². The van der Waals surface area contributed by atoms with Gasteiger partial charge < -0.3 is 20.1 Å². The van der Waals surface area contributed by atoms with E-state index < -0.39 is 5.91 Å². The highest BCUT2D eigenvalue weighted by Gasteiger charge is 2.14. The smallest absolute Gasteiger partial charge is 0.263 e. The molecule has 0 spiro atoms. The molecule has 0 aromatic heterocycles. The fourth-order valence-corrected chi connectivity index (χ4v) is 1.95. The highest BCUT2D eigenvalue weighted by atomic mass is 35.5. The number of benzene rings is 1. The first-order valence-corrected chi connectivity index (χ1v) is 7.34. The van der Waals surface area contributed by atoms with Crippen molar-refractivity contribution in [1.82, 2.24) is 10.6 Å². The van der Waals surface area contributed by atoms with E-state index in [1.165, 1.54) is 6.20 Å². The Morgan fingerprint density at radius 2 is 2.23 bits per heavy atom. The van der Waals surface area contributed by atoms with Crippen LogP contribution in [0.25, 0.3) is 0 Å². The molecule has 0 unspecified atom stereocenters. The first-order chi connectivity index (χ1) is 10.7. The van der Waals surface area contributed by atoms with Gasteiger partial charge in [0.25, 0.3) is 5.91 Å². The molecular weight excluding hydrogens is 306 g/mol. The number of nitrogens with one attached hydrogen (secondary N) is 2. The molecule has 2 rings (SSSR count). The molecule has 1 aromatic rings. The zero-order chi connectivity index (χ0) is 15.8. The van der Waals surface area contributed by atoms with E-state index in [2.05, 4.69) is 10.6 Å². The summed E-state index contributed by atoms with van der Waals surface area (Å²) in [6, 6.07) is 7.29. The maximum atomic E-state index is 11.9. The van der Waals surface area contributed by atoms with Crippen LogP contribution in [0, 0.1) is 11.3 Å². The van der Waals surface area contributed by atoms with Crippen molar-refractivity contribution >= 4 is 17.5 Å². The maximum Gasteiger partial charge on any atom is 0.263 e. The van der Waals surface area contributed by atoms with Crippen molar-refractivity contribution in [2.75, 3.05) is 19.2 Å². The largest absolute Gasteiger partial charge is 0.454 e. The van der Waals surface area contributed by atoms with Crippen LogP contribution in [0.15, 0.2) is 30.0 Å². The second-order valence-corrected chi connectivity index (χ2v) is 4.91. The van der Waals surface area contributed by atoms with Gasteiger partial charge in [0.05, 0.1) is 0 Å². The number of fused-ring (bicyclic) bond motifs is 1. The van der Waals surface area contributed by atoms with Crippen LogP contribution < -0.4 is 20.1 Å². The van der Waals surface area contributed by atoms with Gasteiger partial charge in [0.2, 0.25) is 6.79 Å². The zero-order valence-electron chi connectivity index (χ0n) is 11.9. The fourth-order valence-electron chi connectivity index (χ4n) is 1.82. The molecule has 1 aliphatic heterocycles. The van der Waals surface area contributed by atoms with Gasteiger partial charge in [0.1, 0.15) is 11.6 Å². The van der Waals surface area contributed by atoms with E-state index in [1.807, 2.05) is 12.1 Å². The molecule has 0 atom stereocenters. The first-order valence-electron chi connectivity index (χ1n) is 6.81. The number of hydrogen-bond acceptors (Lipinski definition) is 5. The molecule has 1 amide bonds. The Bertz CT molecular complexity index is 611. The predicted octanol–water partition coefficient (Wildman–Crippen LogP) is 1.66. The molecule has 0 bridgehead atoms. The summed E-state index contributed by atoms with van der Waals surface area (Å²) in [6.45, 7) is 1.13. The number of nitrogens with zero attached hydrogens (tertiary/aromatic N) is 1. The minimum atomic E-state index is -0.432. The van der Waals surface area contributed by atoms with Crippen molar-refractivity contribution in [3.05, 3.63) is 35.5 Å². The number of carbonyl (C=O) groups excluding carboxylic acids is 1. The molecule has 2 N–H and O–H groups in total. The monoisotopic (exact) mass is 321 g/mol. The number of ether oxygens (including phenoxy) is 2. The lowest BCUT2D eigenvalue weighted by Gasteiger charge is -2.06. The molecule has 0 fully saturated rings. The minimum Gasteiger partial charge on any atom is -0.454 e. The molecule has 116 valence electrons. The molecule has 1 heterocycles. The highest BCUT2D eigenvalue weighted by molar-refractivity contribution is 6.17. The van der Waals surface area contributed by atoms with Crippen LogP contribution in [-0.4, -0.2) is 25.1 Å². The van der Waals surface area contributed by atoms with E-state index in [0.29, 0.717) is 30.5 Å². The molecule has 6 nitrogen and oxygen atoms in total. The summed E-state index contributed by atoms with van der Waals surface area (Å²) in [5.41, 5.74) is 0.889. The number of amides is 1. The van der Waals surface area contributed by atoms with E-state index in [-0.39, 0.29) is 12.4 Å². The summed E-state index contributed by atoms with van der Waals surface area (Å²) in [5.74, 6) is 1.44.